The largest absolute Gasteiger partial charge is 0.392 e. The van der Waals surface area contributed by atoms with E-state index in [-0.39, 0.29) is 6.61 Å². The third-order valence-electron chi connectivity index (χ3n) is 3.72. The fraction of sp³-hybridized carbons (Fsp3) is 0.571. The van der Waals surface area contributed by atoms with Crippen molar-refractivity contribution in [3.8, 4) is 0 Å². The SMILES string of the molecule is CC1CCCN(S(=O)(=O)c2ccc(CO)cc2)CC1. The molecule has 0 bridgehead atoms. The van der Waals surface area contributed by atoms with Crippen LogP contribution >= 0.6 is 0 Å². The summed E-state index contributed by atoms with van der Waals surface area (Å²) in [6.07, 6.45) is 2.94. The lowest BCUT2D eigenvalue weighted by molar-refractivity contribution is 0.281. The molecule has 106 valence electrons. The number of hydrogen-bond acceptors (Lipinski definition) is 3. The molecule has 0 saturated carbocycles. The molecule has 1 aromatic carbocycles. The maximum absolute atomic E-state index is 12.5. The topological polar surface area (TPSA) is 57.6 Å². The molecule has 1 aromatic rings. The molecular formula is C14H21NO3S. The maximum Gasteiger partial charge on any atom is 0.243 e. The molecule has 19 heavy (non-hydrogen) atoms. The van der Waals surface area contributed by atoms with Gasteiger partial charge in [0.2, 0.25) is 10.0 Å². The van der Waals surface area contributed by atoms with Gasteiger partial charge in [0.1, 0.15) is 0 Å². The van der Waals surface area contributed by atoms with Gasteiger partial charge in [-0.25, -0.2) is 8.42 Å². The standard InChI is InChI=1S/C14H21NO3S/c1-12-3-2-9-15(10-8-12)19(17,18)14-6-4-13(11-16)5-7-14/h4-7,12,16H,2-3,8-11H2,1H3. The summed E-state index contributed by atoms with van der Waals surface area (Å²) in [6.45, 7) is 3.31. The average molecular weight is 283 g/mol. The van der Waals surface area contributed by atoms with Crippen molar-refractivity contribution < 1.29 is 13.5 Å². The fourth-order valence-corrected chi connectivity index (χ4v) is 3.89. The van der Waals surface area contributed by atoms with Gasteiger partial charge in [-0.3, -0.25) is 0 Å². The minimum Gasteiger partial charge on any atom is -0.392 e. The van der Waals surface area contributed by atoms with Crippen molar-refractivity contribution >= 4 is 10.0 Å². The first-order valence-electron chi connectivity index (χ1n) is 6.74. The van der Waals surface area contributed by atoms with Crippen molar-refractivity contribution in [3.05, 3.63) is 29.8 Å². The summed E-state index contributed by atoms with van der Waals surface area (Å²) in [5.74, 6) is 0.594. The summed E-state index contributed by atoms with van der Waals surface area (Å²) in [7, 11) is -3.38. The summed E-state index contributed by atoms with van der Waals surface area (Å²) in [5.41, 5.74) is 0.725. The number of benzene rings is 1. The molecule has 1 aliphatic rings. The van der Waals surface area contributed by atoms with Crippen molar-refractivity contribution in [1.82, 2.24) is 4.31 Å². The molecule has 0 spiro atoms. The smallest absolute Gasteiger partial charge is 0.243 e. The first-order chi connectivity index (χ1) is 9.04. The van der Waals surface area contributed by atoms with Crippen LogP contribution in [0.2, 0.25) is 0 Å². The first kappa shape index (κ1) is 14.5. The van der Waals surface area contributed by atoms with E-state index in [1.54, 1.807) is 28.6 Å². The molecule has 1 heterocycles. The van der Waals surface area contributed by atoms with Gasteiger partial charge in [-0.2, -0.15) is 4.31 Å². The monoisotopic (exact) mass is 283 g/mol. The Morgan fingerprint density at radius 1 is 1.21 bits per heavy atom. The highest BCUT2D eigenvalue weighted by molar-refractivity contribution is 7.89. The zero-order chi connectivity index (χ0) is 13.9. The Morgan fingerprint density at radius 3 is 2.53 bits per heavy atom. The Kier molecular flexibility index (Phi) is 4.60. The fourth-order valence-electron chi connectivity index (χ4n) is 2.39. The highest BCUT2D eigenvalue weighted by atomic mass is 32.2. The molecule has 1 atom stereocenters. The second kappa shape index (κ2) is 6.03. The molecular weight excluding hydrogens is 262 g/mol. The van der Waals surface area contributed by atoms with Crippen LogP contribution in [-0.2, 0) is 16.6 Å². The van der Waals surface area contributed by atoms with Crippen molar-refractivity contribution in [2.75, 3.05) is 13.1 Å². The van der Waals surface area contributed by atoms with Crippen molar-refractivity contribution in [3.63, 3.8) is 0 Å². The summed E-state index contributed by atoms with van der Waals surface area (Å²) in [4.78, 5) is 0.319. The lowest BCUT2D eigenvalue weighted by Gasteiger charge is -2.20. The summed E-state index contributed by atoms with van der Waals surface area (Å²) < 4.78 is 26.6. The molecule has 2 rings (SSSR count). The van der Waals surface area contributed by atoms with Gasteiger partial charge in [0.25, 0.3) is 0 Å². The van der Waals surface area contributed by atoms with E-state index >= 15 is 0 Å². The van der Waals surface area contributed by atoms with E-state index < -0.39 is 10.0 Å². The number of aliphatic hydroxyl groups is 1. The Hall–Kier alpha value is -0.910. The van der Waals surface area contributed by atoms with Gasteiger partial charge in [0.05, 0.1) is 11.5 Å². The molecule has 0 aromatic heterocycles. The van der Waals surface area contributed by atoms with Crippen LogP contribution < -0.4 is 0 Å². The van der Waals surface area contributed by atoms with Gasteiger partial charge in [-0.15, -0.1) is 0 Å². The van der Waals surface area contributed by atoms with Crippen LogP contribution in [0.25, 0.3) is 0 Å². The molecule has 1 fully saturated rings. The normalized spacial score (nSPS) is 22.1. The van der Waals surface area contributed by atoms with E-state index in [0.717, 1.165) is 24.8 Å². The second-order valence-corrected chi connectivity index (χ2v) is 7.18. The minimum atomic E-state index is -3.38. The first-order valence-corrected chi connectivity index (χ1v) is 8.18. The third-order valence-corrected chi connectivity index (χ3v) is 5.63. The molecule has 0 radical (unpaired) electrons. The van der Waals surface area contributed by atoms with Gasteiger partial charge in [0, 0.05) is 13.1 Å². The average Bonchev–Trinajstić information content (AvgIpc) is 2.64. The van der Waals surface area contributed by atoms with Crippen LogP contribution in [0.5, 0.6) is 0 Å². The highest BCUT2D eigenvalue weighted by Crippen LogP contribution is 2.23. The molecule has 0 aliphatic carbocycles. The lowest BCUT2D eigenvalue weighted by atomic mass is 10.0. The van der Waals surface area contributed by atoms with Crippen molar-refractivity contribution in [1.29, 1.82) is 0 Å². The Morgan fingerprint density at radius 2 is 1.89 bits per heavy atom. The molecule has 1 saturated heterocycles. The third kappa shape index (κ3) is 3.35. The molecule has 1 unspecified atom stereocenters. The predicted octanol–water partition coefficient (Wildman–Crippen LogP) is 1.99. The summed E-state index contributed by atoms with van der Waals surface area (Å²) >= 11 is 0. The Bertz CT molecular complexity index is 510. The number of aliphatic hydroxyl groups excluding tert-OH is 1. The number of rotatable bonds is 3. The van der Waals surface area contributed by atoms with Gasteiger partial charge in [-0.1, -0.05) is 19.1 Å². The number of sulfonamides is 1. The highest BCUT2D eigenvalue weighted by Gasteiger charge is 2.26. The summed E-state index contributed by atoms with van der Waals surface area (Å²) in [6, 6.07) is 6.48. The lowest BCUT2D eigenvalue weighted by Crippen LogP contribution is -2.32. The van der Waals surface area contributed by atoms with Gasteiger partial charge >= 0.3 is 0 Å². The number of nitrogens with zero attached hydrogens (tertiary/aromatic N) is 1. The van der Waals surface area contributed by atoms with E-state index in [9.17, 15) is 8.42 Å². The van der Waals surface area contributed by atoms with E-state index in [1.165, 1.54) is 0 Å². The van der Waals surface area contributed by atoms with Gasteiger partial charge < -0.3 is 5.11 Å². The van der Waals surface area contributed by atoms with Crippen LogP contribution in [0, 0.1) is 5.92 Å². The second-order valence-electron chi connectivity index (χ2n) is 5.24. The maximum atomic E-state index is 12.5. The molecule has 5 heteroatoms. The van der Waals surface area contributed by atoms with Gasteiger partial charge in [0.15, 0.2) is 0 Å². The molecule has 0 amide bonds. The molecule has 1 aliphatic heterocycles. The van der Waals surface area contributed by atoms with E-state index in [1.807, 2.05) is 0 Å². The molecule has 1 N–H and O–H groups in total. The van der Waals surface area contributed by atoms with E-state index in [0.29, 0.717) is 23.9 Å². The minimum absolute atomic E-state index is 0.0679. The zero-order valence-corrected chi connectivity index (χ0v) is 12.1. The van der Waals surface area contributed by atoms with Crippen LogP contribution in [0.3, 0.4) is 0 Å². The van der Waals surface area contributed by atoms with Crippen molar-refractivity contribution in [2.45, 2.75) is 37.7 Å². The van der Waals surface area contributed by atoms with Crippen LogP contribution in [0.4, 0.5) is 0 Å². The Balaban J connectivity index is 2.20. The van der Waals surface area contributed by atoms with E-state index in [2.05, 4.69) is 6.92 Å². The van der Waals surface area contributed by atoms with Crippen LogP contribution in [-0.4, -0.2) is 30.9 Å². The number of hydrogen-bond donors (Lipinski definition) is 1. The van der Waals surface area contributed by atoms with Gasteiger partial charge in [-0.05, 0) is 42.9 Å². The summed E-state index contributed by atoms with van der Waals surface area (Å²) in [5, 5.41) is 8.99. The predicted molar refractivity (Wildman–Crippen MR) is 74.1 cm³/mol. The zero-order valence-electron chi connectivity index (χ0n) is 11.2. The van der Waals surface area contributed by atoms with E-state index in [4.69, 9.17) is 5.11 Å². The quantitative estimate of drug-likeness (QED) is 0.923. The molecule has 4 nitrogen and oxygen atoms in total. The van der Waals surface area contributed by atoms with Crippen LogP contribution in [0.1, 0.15) is 31.7 Å². The van der Waals surface area contributed by atoms with Crippen molar-refractivity contribution in [2.24, 2.45) is 5.92 Å². The van der Waals surface area contributed by atoms with Crippen LogP contribution in [0.15, 0.2) is 29.2 Å². The Labute approximate surface area is 115 Å².